The lowest BCUT2D eigenvalue weighted by molar-refractivity contribution is 0.399. The Morgan fingerprint density at radius 1 is 1.27 bits per heavy atom. The molecule has 0 unspecified atom stereocenters. The summed E-state index contributed by atoms with van der Waals surface area (Å²) < 4.78 is 5.41. The zero-order chi connectivity index (χ0) is 11.1. The highest BCUT2D eigenvalue weighted by molar-refractivity contribution is 5.85. The minimum absolute atomic E-state index is 0.0503. The first-order chi connectivity index (χ1) is 7.04. The molecule has 1 aromatic carbocycles. The molecule has 0 spiro atoms. The minimum atomic E-state index is 0.0503. The third-order valence-corrected chi connectivity index (χ3v) is 2.56. The zero-order valence-corrected chi connectivity index (χ0v) is 9.59. The largest absolute Gasteiger partial charge is 0.496 e. The highest BCUT2D eigenvalue weighted by Crippen LogP contribution is 2.36. The Balaban J connectivity index is 2.80. The topological polar surface area (TPSA) is 37.9 Å². The predicted octanol–water partition coefficient (Wildman–Crippen LogP) is 2.87. The molecule has 0 aliphatic carbocycles. The van der Waals surface area contributed by atoms with Gasteiger partial charge in [-0.25, -0.2) is 0 Å². The summed E-state index contributed by atoms with van der Waals surface area (Å²) in [5, 5.41) is 8.19. The number of aromatic amines is 1. The summed E-state index contributed by atoms with van der Waals surface area (Å²) >= 11 is 0. The van der Waals surface area contributed by atoms with E-state index in [0.717, 1.165) is 16.7 Å². The number of hydrogen-bond acceptors (Lipinski definition) is 2. The van der Waals surface area contributed by atoms with Gasteiger partial charge in [0.15, 0.2) is 0 Å². The lowest BCUT2D eigenvalue weighted by Crippen LogP contribution is -2.13. The van der Waals surface area contributed by atoms with Crippen LogP contribution >= 0.6 is 0 Å². The smallest absolute Gasteiger partial charge is 0.123 e. The molecule has 0 bridgehead atoms. The summed E-state index contributed by atoms with van der Waals surface area (Å²) in [4.78, 5) is 0. The Morgan fingerprint density at radius 2 is 2.00 bits per heavy atom. The van der Waals surface area contributed by atoms with Crippen LogP contribution in [0.4, 0.5) is 0 Å². The Labute approximate surface area is 89.4 Å². The summed E-state index contributed by atoms with van der Waals surface area (Å²) in [5.74, 6) is 0.927. The van der Waals surface area contributed by atoms with Crippen molar-refractivity contribution in [1.82, 2.24) is 10.2 Å². The number of nitrogens with one attached hydrogen (secondary N) is 1. The molecule has 2 rings (SSSR count). The van der Waals surface area contributed by atoms with Gasteiger partial charge in [0.2, 0.25) is 0 Å². The fourth-order valence-electron chi connectivity index (χ4n) is 1.94. The van der Waals surface area contributed by atoms with Crippen LogP contribution in [0.3, 0.4) is 0 Å². The van der Waals surface area contributed by atoms with Crippen LogP contribution in [0.1, 0.15) is 26.3 Å². The normalized spacial score (nSPS) is 12.0. The van der Waals surface area contributed by atoms with Crippen molar-refractivity contribution in [3.8, 4) is 5.75 Å². The second kappa shape index (κ2) is 3.26. The average Bonchev–Trinajstić information content (AvgIpc) is 2.61. The quantitative estimate of drug-likeness (QED) is 0.775. The van der Waals surface area contributed by atoms with Crippen LogP contribution in [0, 0.1) is 0 Å². The van der Waals surface area contributed by atoms with Crippen LogP contribution in [-0.2, 0) is 5.41 Å². The van der Waals surface area contributed by atoms with Crippen molar-refractivity contribution >= 4 is 10.9 Å². The maximum atomic E-state index is 5.41. The predicted molar refractivity (Wildman–Crippen MR) is 61.3 cm³/mol. The molecule has 2 aromatic rings. The van der Waals surface area contributed by atoms with Crippen LogP contribution in [0.5, 0.6) is 5.75 Å². The molecule has 1 aromatic heterocycles. The fraction of sp³-hybridized carbons (Fsp3) is 0.417. The van der Waals surface area contributed by atoms with Gasteiger partial charge in [0.25, 0.3) is 0 Å². The Hall–Kier alpha value is -1.51. The van der Waals surface area contributed by atoms with E-state index in [1.54, 1.807) is 7.11 Å². The number of rotatable bonds is 1. The molecular weight excluding hydrogens is 188 g/mol. The molecule has 0 radical (unpaired) electrons. The van der Waals surface area contributed by atoms with Gasteiger partial charge >= 0.3 is 0 Å². The molecule has 0 saturated carbocycles. The molecule has 0 aliphatic rings. The molecule has 0 fully saturated rings. The summed E-state index contributed by atoms with van der Waals surface area (Å²) in [7, 11) is 1.70. The maximum absolute atomic E-state index is 5.41. The molecule has 1 heterocycles. The van der Waals surface area contributed by atoms with E-state index < -0.39 is 0 Å². The van der Waals surface area contributed by atoms with Gasteiger partial charge in [0.05, 0.1) is 18.8 Å². The van der Waals surface area contributed by atoms with Gasteiger partial charge in [-0.15, -0.1) is 0 Å². The first kappa shape index (κ1) is 10.0. The van der Waals surface area contributed by atoms with Crippen LogP contribution in [-0.4, -0.2) is 17.3 Å². The zero-order valence-electron chi connectivity index (χ0n) is 9.59. The van der Waals surface area contributed by atoms with E-state index in [1.807, 2.05) is 18.3 Å². The molecule has 0 amide bonds. The number of methoxy groups -OCH3 is 1. The number of ether oxygens (including phenoxy) is 1. The van der Waals surface area contributed by atoms with E-state index in [9.17, 15) is 0 Å². The van der Waals surface area contributed by atoms with Crippen molar-refractivity contribution in [2.75, 3.05) is 7.11 Å². The first-order valence-electron chi connectivity index (χ1n) is 5.04. The third-order valence-electron chi connectivity index (χ3n) is 2.56. The second-order valence-electron chi connectivity index (χ2n) is 4.72. The Bertz CT molecular complexity index is 480. The van der Waals surface area contributed by atoms with E-state index in [-0.39, 0.29) is 5.41 Å². The number of aromatic nitrogens is 2. The fourth-order valence-corrected chi connectivity index (χ4v) is 1.94. The Morgan fingerprint density at radius 3 is 2.60 bits per heavy atom. The minimum Gasteiger partial charge on any atom is -0.496 e. The number of hydrogen-bond donors (Lipinski definition) is 1. The van der Waals surface area contributed by atoms with E-state index in [0.29, 0.717) is 0 Å². The van der Waals surface area contributed by atoms with Gasteiger partial charge in [0.1, 0.15) is 5.75 Å². The van der Waals surface area contributed by atoms with Crippen molar-refractivity contribution < 1.29 is 4.74 Å². The first-order valence-corrected chi connectivity index (χ1v) is 5.04. The van der Waals surface area contributed by atoms with Gasteiger partial charge in [-0.2, -0.15) is 5.10 Å². The van der Waals surface area contributed by atoms with Crippen molar-refractivity contribution in [3.63, 3.8) is 0 Å². The molecule has 0 aliphatic heterocycles. The molecular formula is C12H16N2O. The summed E-state index contributed by atoms with van der Waals surface area (Å²) in [6.07, 6.45) is 1.86. The number of H-pyrrole nitrogens is 1. The molecule has 15 heavy (non-hydrogen) atoms. The van der Waals surface area contributed by atoms with Crippen molar-refractivity contribution in [3.05, 3.63) is 23.9 Å². The summed E-state index contributed by atoms with van der Waals surface area (Å²) in [6.45, 7) is 6.53. The maximum Gasteiger partial charge on any atom is 0.123 e. The van der Waals surface area contributed by atoms with E-state index in [2.05, 4.69) is 31.0 Å². The second-order valence-corrected chi connectivity index (χ2v) is 4.72. The monoisotopic (exact) mass is 204 g/mol. The van der Waals surface area contributed by atoms with Gasteiger partial charge < -0.3 is 4.74 Å². The van der Waals surface area contributed by atoms with Gasteiger partial charge in [0, 0.05) is 10.9 Å². The lowest BCUT2D eigenvalue weighted by Gasteiger charge is -2.22. The molecule has 1 N–H and O–H groups in total. The van der Waals surface area contributed by atoms with E-state index >= 15 is 0 Å². The van der Waals surface area contributed by atoms with Crippen LogP contribution < -0.4 is 4.74 Å². The van der Waals surface area contributed by atoms with Crippen molar-refractivity contribution in [2.45, 2.75) is 26.2 Å². The molecule has 3 heteroatoms. The average molecular weight is 204 g/mol. The van der Waals surface area contributed by atoms with Crippen LogP contribution in [0.2, 0.25) is 0 Å². The molecule has 0 saturated heterocycles. The van der Waals surface area contributed by atoms with Crippen LogP contribution in [0.25, 0.3) is 10.9 Å². The number of benzene rings is 1. The number of nitrogens with zero attached hydrogens (tertiary/aromatic N) is 1. The van der Waals surface area contributed by atoms with E-state index in [4.69, 9.17) is 4.74 Å². The summed E-state index contributed by atoms with van der Waals surface area (Å²) in [6, 6.07) is 3.98. The lowest BCUT2D eigenvalue weighted by atomic mass is 9.84. The van der Waals surface area contributed by atoms with Gasteiger partial charge in [-0.05, 0) is 17.5 Å². The summed E-state index contributed by atoms with van der Waals surface area (Å²) in [5.41, 5.74) is 2.31. The van der Waals surface area contributed by atoms with E-state index in [1.165, 1.54) is 5.56 Å². The highest BCUT2D eigenvalue weighted by Gasteiger charge is 2.22. The highest BCUT2D eigenvalue weighted by atomic mass is 16.5. The van der Waals surface area contributed by atoms with Gasteiger partial charge in [-0.1, -0.05) is 20.8 Å². The molecule has 80 valence electrons. The van der Waals surface area contributed by atoms with Crippen molar-refractivity contribution in [1.29, 1.82) is 0 Å². The SMILES string of the molecule is COc1ccc2[nH]ncc2c1C(C)(C)C. The van der Waals surface area contributed by atoms with Crippen molar-refractivity contribution in [2.24, 2.45) is 0 Å². The Kier molecular flexibility index (Phi) is 2.18. The standard InChI is InChI=1S/C12H16N2O/c1-12(2,3)11-8-7-13-14-9(8)5-6-10(11)15-4/h5-7H,1-4H3,(H,13,14). The van der Waals surface area contributed by atoms with Crippen LogP contribution in [0.15, 0.2) is 18.3 Å². The molecule has 3 nitrogen and oxygen atoms in total. The number of fused-ring (bicyclic) bond motifs is 1. The van der Waals surface area contributed by atoms with Gasteiger partial charge in [-0.3, -0.25) is 5.10 Å². The third kappa shape index (κ3) is 1.58. The molecule has 0 atom stereocenters.